The van der Waals surface area contributed by atoms with Crippen LogP contribution in [0, 0.1) is 6.92 Å². The highest BCUT2D eigenvalue weighted by molar-refractivity contribution is 6.05. The molecule has 138 valence electrons. The minimum absolute atomic E-state index is 0.133. The number of aromatic nitrogens is 1. The van der Waals surface area contributed by atoms with Crippen molar-refractivity contribution in [3.8, 4) is 5.75 Å². The Morgan fingerprint density at radius 2 is 1.93 bits per heavy atom. The van der Waals surface area contributed by atoms with E-state index in [1.165, 1.54) is 0 Å². The van der Waals surface area contributed by atoms with Gasteiger partial charge in [0.05, 0.1) is 12.8 Å². The van der Waals surface area contributed by atoms with Gasteiger partial charge in [-0.2, -0.15) is 0 Å². The average molecular weight is 361 g/mol. The molecule has 3 rings (SSSR count). The van der Waals surface area contributed by atoms with Crippen molar-refractivity contribution in [2.75, 3.05) is 23.9 Å². The van der Waals surface area contributed by atoms with Crippen molar-refractivity contribution in [3.05, 3.63) is 78.1 Å². The van der Waals surface area contributed by atoms with E-state index in [0.717, 1.165) is 28.4 Å². The number of pyridine rings is 1. The zero-order chi connectivity index (χ0) is 19.2. The molecule has 0 fully saturated rings. The lowest BCUT2D eigenvalue weighted by atomic mass is 10.2. The Kier molecular flexibility index (Phi) is 5.71. The molecule has 0 spiro atoms. The van der Waals surface area contributed by atoms with Crippen molar-refractivity contribution >= 4 is 23.0 Å². The first kappa shape index (κ1) is 18.5. The molecule has 0 radical (unpaired) electrons. The van der Waals surface area contributed by atoms with Crippen molar-refractivity contribution in [1.82, 2.24) is 4.98 Å². The fourth-order valence-electron chi connectivity index (χ4n) is 2.91. The molecule has 0 saturated carbocycles. The van der Waals surface area contributed by atoms with Crippen LogP contribution in [0.1, 0.15) is 23.0 Å². The quantitative estimate of drug-likeness (QED) is 0.685. The molecule has 5 heteroatoms. The smallest absolute Gasteiger partial charge is 0.276 e. The molecule has 0 atom stereocenters. The van der Waals surface area contributed by atoms with Crippen LogP contribution < -0.4 is 15.0 Å². The van der Waals surface area contributed by atoms with Gasteiger partial charge in [0.15, 0.2) is 0 Å². The molecule has 0 saturated heterocycles. The fraction of sp³-hybridized carbons (Fsp3) is 0.182. The second-order valence-electron chi connectivity index (χ2n) is 6.14. The molecule has 3 aromatic rings. The lowest BCUT2D eigenvalue weighted by Crippen LogP contribution is -2.31. The standard InChI is InChI=1S/C22H23N3O2/c1-4-25(18-9-7-8-16(2)14-18)22(26)20-15-17(12-13-23-20)24-19-10-5-6-11-21(19)27-3/h5-15H,4H2,1-3H3,(H,23,24). The molecular weight excluding hydrogens is 338 g/mol. The Hall–Kier alpha value is -3.34. The summed E-state index contributed by atoms with van der Waals surface area (Å²) in [6.45, 7) is 4.53. The normalized spacial score (nSPS) is 10.3. The number of para-hydroxylation sites is 2. The fourth-order valence-corrected chi connectivity index (χ4v) is 2.91. The predicted molar refractivity (Wildman–Crippen MR) is 109 cm³/mol. The summed E-state index contributed by atoms with van der Waals surface area (Å²) in [4.78, 5) is 19.0. The second kappa shape index (κ2) is 8.36. The lowest BCUT2D eigenvalue weighted by Gasteiger charge is -2.21. The van der Waals surface area contributed by atoms with Gasteiger partial charge in [-0.3, -0.25) is 9.78 Å². The van der Waals surface area contributed by atoms with Gasteiger partial charge in [0, 0.05) is 24.1 Å². The number of carbonyl (C=O) groups is 1. The molecule has 2 aromatic carbocycles. The summed E-state index contributed by atoms with van der Waals surface area (Å²) in [6.07, 6.45) is 1.63. The molecular formula is C22H23N3O2. The third-order valence-corrected chi connectivity index (χ3v) is 4.24. The third kappa shape index (κ3) is 4.26. The van der Waals surface area contributed by atoms with Crippen LogP contribution in [0.5, 0.6) is 5.75 Å². The highest BCUT2D eigenvalue weighted by Gasteiger charge is 2.18. The van der Waals surface area contributed by atoms with Crippen molar-refractivity contribution < 1.29 is 9.53 Å². The molecule has 0 aliphatic carbocycles. The van der Waals surface area contributed by atoms with E-state index >= 15 is 0 Å². The molecule has 0 aliphatic heterocycles. The van der Waals surface area contributed by atoms with Crippen LogP contribution >= 0.6 is 0 Å². The van der Waals surface area contributed by atoms with Crippen LogP contribution in [0.4, 0.5) is 17.1 Å². The summed E-state index contributed by atoms with van der Waals surface area (Å²) in [5.74, 6) is 0.601. The van der Waals surface area contributed by atoms with Crippen molar-refractivity contribution in [1.29, 1.82) is 0 Å². The summed E-state index contributed by atoms with van der Waals surface area (Å²) in [6, 6.07) is 19.1. The topological polar surface area (TPSA) is 54.5 Å². The van der Waals surface area contributed by atoms with E-state index < -0.39 is 0 Å². The number of rotatable bonds is 6. The first-order valence-electron chi connectivity index (χ1n) is 8.87. The number of hydrogen-bond acceptors (Lipinski definition) is 4. The number of nitrogens with one attached hydrogen (secondary N) is 1. The largest absolute Gasteiger partial charge is 0.495 e. The van der Waals surface area contributed by atoms with Gasteiger partial charge < -0.3 is 15.0 Å². The van der Waals surface area contributed by atoms with Gasteiger partial charge in [-0.15, -0.1) is 0 Å². The van der Waals surface area contributed by atoms with Gasteiger partial charge in [-0.1, -0.05) is 24.3 Å². The van der Waals surface area contributed by atoms with E-state index in [2.05, 4.69) is 10.3 Å². The van der Waals surface area contributed by atoms with Crippen LogP contribution in [0.25, 0.3) is 0 Å². The minimum atomic E-state index is -0.133. The highest BCUT2D eigenvalue weighted by atomic mass is 16.5. The van der Waals surface area contributed by atoms with Gasteiger partial charge in [0.25, 0.3) is 5.91 Å². The molecule has 5 nitrogen and oxygen atoms in total. The number of amides is 1. The van der Waals surface area contributed by atoms with Gasteiger partial charge >= 0.3 is 0 Å². The maximum atomic E-state index is 13.0. The first-order valence-corrected chi connectivity index (χ1v) is 8.87. The monoisotopic (exact) mass is 361 g/mol. The van der Waals surface area contributed by atoms with Crippen LogP contribution in [0.2, 0.25) is 0 Å². The molecule has 0 aliphatic rings. The van der Waals surface area contributed by atoms with Crippen LogP contribution in [0.3, 0.4) is 0 Å². The molecule has 0 unspecified atom stereocenters. The van der Waals surface area contributed by atoms with Gasteiger partial charge in [-0.25, -0.2) is 0 Å². The molecule has 1 aromatic heterocycles. The Balaban J connectivity index is 1.87. The Labute approximate surface area is 159 Å². The first-order chi connectivity index (χ1) is 13.1. The number of methoxy groups -OCH3 is 1. The number of carbonyl (C=O) groups excluding carboxylic acids is 1. The molecule has 0 bridgehead atoms. The van der Waals surface area contributed by atoms with Crippen LogP contribution in [0.15, 0.2) is 66.9 Å². The van der Waals surface area contributed by atoms with E-state index in [4.69, 9.17) is 4.74 Å². The number of benzene rings is 2. The van der Waals surface area contributed by atoms with Gasteiger partial charge in [-0.05, 0) is 55.8 Å². The van der Waals surface area contributed by atoms with Crippen molar-refractivity contribution in [3.63, 3.8) is 0 Å². The van der Waals surface area contributed by atoms with E-state index in [9.17, 15) is 4.79 Å². The number of nitrogens with zero attached hydrogens (tertiary/aromatic N) is 2. The molecule has 1 N–H and O–H groups in total. The van der Waals surface area contributed by atoms with E-state index in [1.807, 2.05) is 68.4 Å². The second-order valence-corrected chi connectivity index (χ2v) is 6.14. The number of hydrogen-bond donors (Lipinski definition) is 1. The predicted octanol–water partition coefficient (Wildman–Crippen LogP) is 4.81. The molecule has 27 heavy (non-hydrogen) atoms. The summed E-state index contributed by atoms with van der Waals surface area (Å²) in [5, 5.41) is 3.29. The zero-order valence-corrected chi connectivity index (χ0v) is 15.8. The van der Waals surface area contributed by atoms with E-state index in [0.29, 0.717) is 12.2 Å². The summed E-state index contributed by atoms with van der Waals surface area (Å²) >= 11 is 0. The summed E-state index contributed by atoms with van der Waals surface area (Å²) in [5.41, 5.74) is 3.97. The Morgan fingerprint density at radius 3 is 2.67 bits per heavy atom. The minimum Gasteiger partial charge on any atom is -0.495 e. The zero-order valence-electron chi connectivity index (χ0n) is 15.8. The maximum Gasteiger partial charge on any atom is 0.276 e. The molecule has 1 amide bonds. The van der Waals surface area contributed by atoms with Gasteiger partial charge in [0.1, 0.15) is 11.4 Å². The highest BCUT2D eigenvalue weighted by Crippen LogP contribution is 2.27. The van der Waals surface area contributed by atoms with E-state index in [1.54, 1.807) is 24.3 Å². The van der Waals surface area contributed by atoms with Crippen molar-refractivity contribution in [2.45, 2.75) is 13.8 Å². The SMILES string of the molecule is CCN(C(=O)c1cc(Nc2ccccc2OC)ccn1)c1cccc(C)c1. The number of aryl methyl sites for hydroxylation is 1. The average Bonchev–Trinajstić information content (AvgIpc) is 2.69. The number of ether oxygens (including phenoxy) is 1. The summed E-state index contributed by atoms with van der Waals surface area (Å²) in [7, 11) is 1.63. The number of anilines is 3. The maximum absolute atomic E-state index is 13.0. The Bertz CT molecular complexity index is 940. The van der Waals surface area contributed by atoms with Gasteiger partial charge in [0.2, 0.25) is 0 Å². The summed E-state index contributed by atoms with van der Waals surface area (Å²) < 4.78 is 5.37. The van der Waals surface area contributed by atoms with Crippen molar-refractivity contribution in [2.24, 2.45) is 0 Å². The lowest BCUT2D eigenvalue weighted by molar-refractivity contribution is 0.0983. The molecule has 1 heterocycles. The third-order valence-electron chi connectivity index (χ3n) is 4.24. The van der Waals surface area contributed by atoms with Crippen LogP contribution in [-0.4, -0.2) is 24.5 Å². The Morgan fingerprint density at radius 1 is 1.11 bits per heavy atom. The van der Waals surface area contributed by atoms with E-state index in [-0.39, 0.29) is 5.91 Å². The van der Waals surface area contributed by atoms with Crippen LogP contribution in [-0.2, 0) is 0 Å².